The van der Waals surface area contributed by atoms with E-state index >= 15 is 0 Å². The molecule has 0 unspecified atom stereocenters. The van der Waals surface area contributed by atoms with Gasteiger partial charge in [-0.3, -0.25) is 9.59 Å². The van der Waals surface area contributed by atoms with E-state index in [1.54, 1.807) is 18.2 Å². The third kappa shape index (κ3) is 3.90. The fraction of sp³-hybridized carbons (Fsp3) is 0.385. The SMILES string of the molecule is CCCN(CC(=O)O)C(=O)c1cccc(C)c1. The summed E-state index contributed by atoms with van der Waals surface area (Å²) in [5, 5.41) is 8.77. The molecule has 0 saturated heterocycles. The summed E-state index contributed by atoms with van der Waals surface area (Å²) < 4.78 is 0. The Labute approximate surface area is 101 Å². The normalized spacial score (nSPS) is 10.0. The molecule has 0 aliphatic rings. The van der Waals surface area contributed by atoms with E-state index in [1.807, 2.05) is 19.9 Å². The van der Waals surface area contributed by atoms with Crippen LogP contribution >= 0.6 is 0 Å². The van der Waals surface area contributed by atoms with Crippen molar-refractivity contribution in [1.82, 2.24) is 4.90 Å². The van der Waals surface area contributed by atoms with E-state index in [0.717, 1.165) is 12.0 Å². The molecule has 0 aromatic heterocycles. The zero-order valence-electron chi connectivity index (χ0n) is 10.1. The van der Waals surface area contributed by atoms with E-state index in [0.29, 0.717) is 12.1 Å². The first-order chi connectivity index (χ1) is 8.04. The van der Waals surface area contributed by atoms with Crippen LogP contribution in [0.5, 0.6) is 0 Å². The maximum atomic E-state index is 12.1. The van der Waals surface area contributed by atoms with E-state index in [9.17, 15) is 9.59 Å². The van der Waals surface area contributed by atoms with E-state index in [1.165, 1.54) is 4.90 Å². The van der Waals surface area contributed by atoms with Crippen molar-refractivity contribution in [1.29, 1.82) is 0 Å². The van der Waals surface area contributed by atoms with Gasteiger partial charge in [-0.25, -0.2) is 0 Å². The second-order valence-electron chi connectivity index (χ2n) is 3.99. The van der Waals surface area contributed by atoms with Crippen molar-refractivity contribution in [3.63, 3.8) is 0 Å². The van der Waals surface area contributed by atoms with Crippen molar-refractivity contribution in [2.45, 2.75) is 20.3 Å². The van der Waals surface area contributed by atoms with Crippen LogP contribution in [0.25, 0.3) is 0 Å². The number of carboxylic acids is 1. The standard InChI is InChI=1S/C13H17NO3/c1-3-7-14(9-12(15)16)13(17)11-6-4-5-10(2)8-11/h4-6,8H,3,7,9H2,1-2H3,(H,15,16). The minimum Gasteiger partial charge on any atom is -0.480 e. The molecule has 1 aromatic rings. The predicted octanol–water partition coefficient (Wildman–Crippen LogP) is 1.93. The first-order valence-electron chi connectivity index (χ1n) is 5.62. The van der Waals surface area contributed by atoms with Gasteiger partial charge in [-0.05, 0) is 25.5 Å². The number of nitrogens with zero attached hydrogens (tertiary/aromatic N) is 1. The monoisotopic (exact) mass is 235 g/mol. The molecule has 0 heterocycles. The van der Waals surface area contributed by atoms with Gasteiger partial charge in [-0.1, -0.05) is 24.6 Å². The summed E-state index contributed by atoms with van der Waals surface area (Å²) in [4.78, 5) is 24.1. The molecule has 4 nitrogen and oxygen atoms in total. The number of amides is 1. The minimum absolute atomic E-state index is 0.224. The summed E-state index contributed by atoms with van der Waals surface area (Å²) >= 11 is 0. The Balaban J connectivity index is 2.87. The molecule has 0 radical (unpaired) electrons. The lowest BCUT2D eigenvalue weighted by Crippen LogP contribution is -2.36. The largest absolute Gasteiger partial charge is 0.480 e. The van der Waals surface area contributed by atoms with Crippen LogP contribution in [0.1, 0.15) is 29.3 Å². The first-order valence-corrected chi connectivity index (χ1v) is 5.62. The van der Waals surface area contributed by atoms with Gasteiger partial charge in [0.25, 0.3) is 5.91 Å². The van der Waals surface area contributed by atoms with Crippen LogP contribution in [0, 0.1) is 6.92 Å². The molecule has 0 bridgehead atoms. The van der Waals surface area contributed by atoms with Gasteiger partial charge in [0.2, 0.25) is 0 Å². The number of aryl methyl sites for hydroxylation is 1. The van der Waals surface area contributed by atoms with Crippen molar-refractivity contribution in [3.8, 4) is 0 Å². The molecular formula is C13H17NO3. The smallest absolute Gasteiger partial charge is 0.323 e. The van der Waals surface area contributed by atoms with Gasteiger partial charge in [0.05, 0.1) is 0 Å². The van der Waals surface area contributed by atoms with Gasteiger partial charge in [0.15, 0.2) is 0 Å². The predicted molar refractivity (Wildman–Crippen MR) is 65.0 cm³/mol. The Hall–Kier alpha value is -1.84. The molecule has 0 atom stereocenters. The van der Waals surface area contributed by atoms with E-state index in [-0.39, 0.29) is 12.5 Å². The van der Waals surface area contributed by atoms with Crippen molar-refractivity contribution in [3.05, 3.63) is 35.4 Å². The number of rotatable bonds is 5. The Bertz CT molecular complexity index is 415. The third-order valence-electron chi connectivity index (χ3n) is 2.37. The highest BCUT2D eigenvalue weighted by molar-refractivity contribution is 5.96. The molecule has 92 valence electrons. The number of hydrogen-bond donors (Lipinski definition) is 1. The topological polar surface area (TPSA) is 57.6 Å². The number of carboxylic acid groups (broad SMARTS) is 1. The third-order valence-corrected chi connectivity index (χ3v) is 2.37. The summed E-state index contributed by atoms with van der Waals surface area (Å²) in [7, 11) is 0. The van der Waals surface area contributed by atoms with Crippen LogP contribution in [-0.2, 0) is 4.79 Å². The fourth-order valence-corrected chi connectivity index (χ4v) is 1.65. The molecule has 1 N–H and O–H groups in total. The highest BCUT2D eigenvalue weighted by atomic mass is 16.4. The van der Waals surface area contributed by atoms with Crippen molar-refractivity contribution in [2.24, 2.45) is 0 Å². The molecule has 1 aromatic carbocycles. The lowest BCUT2D eigenvalue weighted by Gasteiger charge is -2.20. The number of carbonyl (C=O) groups is 2. The number of carbonyl (C=O) groups excluding carboxylic acids is 1. The quantitative estimate of drug-likeness (QED) is 0.848. The van der Waals surface area contributed by atoms with Crippen molar-refractivity contribution < 1.29 is 14.7 Å². The Kier molecular flexibility index (Phi) is 4.69. The van der Waals surface area contributed by atoms with E-state index < -0.39 is 5.97 Å². The number of hydrogen-bond acceptors (Lipinski definition) is 2. The fourth-order valence-electron chi connectivity index (χ4n) is 1.65. The van der Waals surface area contributed by atoms with Crippen LogP contribution in [-0.4, -0.2) is 35.0 Å². The van der Waals surface area contributed by atoms with Crippen LogP contribution in [0.3, 0.4) is 0 Å². The maximum absolute atomic E-state index is 12.1. The molecular weight excluding hydrogens is 218 g/mol. The number of aliphatic carboxylic acids is 1. The molecule has 17 heavy (non-hydrogen) atoms. The molecule has 0 saturated carbocycles. The Morgan fingerprint density at radius 2 is 2.06 bits per heavy atom. The lowest BCUT2D eigenvalue weighted by molar-refractivity contribution is -0.137. The highest BCUT2D eigenvalue weighted by Gasteiger charge is 2.17. The molecule has 1 amide bonds. The summed E-state index contributed by atoms with van der Waals surface area (Å²) in [6, 6.07) is 7.18. The summed E-state index contributed by atoms with van der Waals surface area (Å²) in [6.07, 6.45) is 0.741. The average Bonchev–Trinajstić information content (AvgIpc) is 2.27. The zero-order valence-corrected chi connectivity index (χ0v) is 10.1. The first kappa shape index (κ1) is 13.2. The second-order valence-corrected chi connectivity index (χ2v) is 3.99. The van der Waals surface area contributed by atoms with Gasteiger partial charge >= 0.3 is 5.97 Å². The zero-order chi connectivity index (χ0) is 12.8. The van der Waals surface area contributed by atoms with Gasteiger partial charge in [-0.15, -0.1) is 0 Å². The molecule has 0 fully saturated rings. The summed E-state index contributed by atoms with van der Waals surface area (Å²) in [5.41, 5.74) is 1.53. The van der Waals surface area contributed by atoms with Gasteiger partial charge in [-0.2, -0.15) is 0 Å². The maximum Gasteiger partial charge on any atom is 0.323 e. The average molecular weight is 235 g/mol. The minimum atomic E-state index is -0.987. The van der Waals surface area contributed by atoms with Crippen LogP contribution in [0.2, 0.25) is 0 Å². The Morgan fingerprint density at radius 3 is 2.59 bits per heavy atom. The Morgan fingerprint density at radius 1 is 1.35 bits per heavy atom. The van der Waals surface area contributed by atoms with Crippen molar-refractivity contribution in [2.75, 3.05) is 13.1 Å². The molecule has 4 heteroatoms. The molecule has 0 aliphatic heterocycles. The lowest BCUT2D eigenvalue weighted by atomic mass is 10.1. The van der Waals surface area contributed by atoms with Crippen LogP contribution < -0.4 is 0 Å². The van der Waals surface area contributed by atoms with E-state index in [4.69, 9.17) is 5.11 Å². The second kappa shape index (κ2) is 6.03. The number of benzene rings is 1. The van der Waals surface area contributed by atoms with Gasteiger partial charge in [0, 0.05) is 12.1 Å². The molecule has 1 rings (SSSR count). The van der Waals surface area contributed by atoms with Gasteiger partial charge in [0.1, 0.15) is 6.54 Å². The summed E-state index contributed by atoms with van der Waals surface area (Å²) in [6.45, 7) is 4.02. The molecule has 0 spiro atoms. The van der Waals surface area contributed by atoms with E-state index in [2.05, 4.69) is 0 Å². The van der Waals surface area contributed by atoms with Crippen LogP contribution in [0.4, 0.5) is 0 Å². The highest BCUT2D eigenvalue weighted by Crippen LogP contribution is 2.08. The van der Waals surface area contributed by atoms with Gasteiger partial charge < -0.3 is 10.0 Å². The molecule has 0 aliphatic carbocycles. The summed E-state index contributed by atoms with van der Waals surface area (Å²) in [5.74, 6) is -1.21. The van der Waals surface area contributed by atoms with Crippen LogP contribution in [0.15, 0.2) is 24.3 Å². The van der Waals surface area contributed by atoms with Crippen molar-refractivity contribution >= 4 is 11.9 Å².